The van der Waals surface area contributed by atoms with Gasteiger partial charge in [0.15, 0.2) is 0 Å². The third kappa shape index (κ3) is 4.44. The molecule has 0 aromatic carbocycles. The normalized spacial score (nSPS) is 10.6. The molecule has 6 nitrogen and oxygen atoms in total. The number of rotatable bonds is 9. The van der Waals surface area contributed by atoms with Gasteiger partial charge in [-0.3, -0.25) is 0 Å². The van der Waals surface area contributed by atoms with Gasteiger partial charge in [-0.05, 0) is 19.3 Å². The Hall–Kier alpha value is -2.11. The Kier molecular flexibility index (Phi) is 5.99. The van der Waals surface area contributed by atoms with Gasteiger partial charge in [0.2, 0.25) is 0 Å². The van der Waals surface area contributed by atoms with Crippen LogP contribution in [-0.2, 0) is 13.0 Å². The van der Waals surface area contributed by atoms with Crippen molar-refractivity contribution in [2.45, 2.75) is 39.7 Å². The molecule has 6 heteroatoms. The Morgan fingerprint density at radius 1 is 1.10 bits per heavy atom. The van der Waals surface area contributed by atoms with E-state index in [-0.39, 0.29) is 0 Å². The number of aryl methyl sites for hydroxylation is 1. The summed E-state index contributed by atoms with van der Waals surface area (Å²) >= 11 is 0. The predicted molar refractivity (Wildman–Crippen MR) is 85.5 cm³/mol. The first-order chi connectivity index (χ1) is 10.3. The van der Waals surface area contributed by atoms with Gasteiger partial charge in [-0.2, -0.15) is 0 Å². The fraction of sp³-hybridized carbons (Fsp3) is 0.533. The van der Waals surface area contributed by atoms with Crippen LogP contribution < -0.4 is 10.6 Å². The topological polar surface area (TPSA) is 67.7 Å². The van der Waals surface area contributed by atoms with Gasteiger partial charge >= 0.3 is 0 Å². The minimum Gasteiger partial charge on any atom is -0.370 e. The summed E-state index contributed by atoms with van der Waals surface area (Å²) in [5.74, 6) is 1.89. The van der Waals surface area contributed by atoms with Gasteiger partial charge in [0.25, 0.3) is 0 Å². The Morgan fingerprint density at radius 3 is 2.48 bits per heavy atom. The van der Waals surface area contributed by atoms with Gasteiger partial charge < -0.3 is 15.2 Å². The fourth-order valence-corrected chi connectivity index (χ4v) is 2.18. The first-order valence-corrected chi connectivity index (χ1v) is 7.62. The molecule has 0 bridgehead atoms. The van der Waals surface area contributed by atoms with Crippen molar-refractivity contribution < 1.29 is 0 Å². The Labute approximate surface area is 126 Å². The van der Waals surface area contributed by atoms with Crippen LogP contribution in [0.5, 0.6) is 0 Å². The molecule has 0 aliphatic carbocycles. The van der Waals surface area contributed by atoms with E-state index in [2.05, 4.69) is 44.0 Å². The van der Waals surface area contributed by atoms with Crippen LogP contribution >= 0.6 is 0 Å². The SMILES string of the molecule is CCCNc1ncnc(NCCCn2ccnc2)c1CC. The summed E-state index contributed by atoms with van der Waals surface area (Å²) in [6.07, 6.45) is 10.3. The summed E-state index contributed by atoms with van der Waals surface area (Å²) in [5.41, 5.74) is 1.16. The molecule has 2 aromatic rings. The highest BCUT2D eigenvalue weighted by molar-refractivity contribution is 5.57. The molecule has 21 heavy (non-hydrogen) atoms. The van der Waals surface area contributed by atoms with Crippen LogP contribution in [-0.4, -0.2) is 32.6 Å². The molecule has 2 aromatic heterocycles. The van der Waals surface area contributed by atoms with Crippen molar-refractivity contribution in [3.63, 3.8) is 0 Å². The van der Waals surface area contributed by atoms with Crippen LogP contribution in [0.2, 0.25) is 0 Å². The van der Waals surface area contributed by atoms with Crippen LogP contribution in [0.15, 0.2) is 25.0 Å². The lowest BCUT2D eigenvalue weighted by molar-refractivity contribution is 0.659. The number of hydrogen-bond donors (Lipinski definition) is 2. The molecule has 114 valence electrons. The zero-order valence-electron chi connectivity index (χ0n) is 12.8. The van der Waals surface area contributed by atoms with E-state index in [9.17, 15) is 0 Å². The third-order valence-corrected chi connectivity index (χ3v) is 3.29. The van der Waals surface area contributed by atoms with E-state index >= 15 is 0 Å². The molecule has 2 heterocycles. The minimum atomic E-state index is 0.884. The van der Waals surface area contributed by atoms with Crippen molar-refractivity contribution in [2.75, 3.05) is 23.7 Å². The molecule has 2 N–H and O–H groups in total. The zero-order valence-corrected chi connectivity index (χ0v) is 12.8. The number of nitrogens with one attached hydrogen (secondary N) is 2. The molecule has 2 rings (SSSR count). The van der Waals surface area contributed by atoms with Crippen LogP contribution in [0, 0.1) is 0 Å². The average Bonchev–Trinajstić information content (AvgIpc) is 3.02. The van der Waals surface area contributed by atoms with Crippen LogP contribution in [0.3, 0.4) is 0 Å². The number of nitrogens with zero attached hydrogens (tertiary/aromatic N) is 4. The second-order valence-electron chi connectivity index (χ2n) is 4.91. The van der Waals surface area contributed by atoms with Crippen molar-refractivity contribution in [2.24, 2.45) is 0 Å². The maximum absolute atomic E-state index is 4.37. The molecule has 0 saturated heterocycles. The van der Waals surface area contributed by atoms with Crippen molar-refractivity contribution in [3.8, 4) is 0 Å². The Morgan fingerprint density at radius 2 is 1.86 bits per heavy atom. The van der Waals surface area contributed by atoms with Crippen molar-refractivity contribution >= 4 is 11.6 Å². The maximum Gasteiger partial charge on any atom is 0.134 e. The number of hydrogen-bond acceptors (Lipinski definition) is 5. The van der Waals surface area contributed by atoms with Crippen LogP contribution in [0.25, 0.3) is 0 Å². The molecule has 0 spiro atoms. The summed E-state index contributed by atoms with van der Waals surface area (Å²) < 4.78 is 2.08. The average molecular weight is 288 g/mol. The standard InChI is InChI=1S/C15H24N6/c1-3-6-17-14-13(4-2)15(20-11-19-14)18-7-5-9-21-10-8-16-12-21/h8,10-12H,3-7,9H2,1-2H3,(H2,17,18,19,20). The van der Waals surface area contributed by atoms with E-state index in [0.717, 1.165) is 56.1 Å². The lowest BCUT2D eigenvalue weighted by Gasteiger charge is -2.14. The van der Waals surface area contributed by atoms with Crippen molar-refractivity contribution in [1.29, 1.82) is 0 Å². The fourth-order valence-electron chi connectivity index (χ4n) is 2.18. The van der Waals surface area contributed by atoms with Crippen LogP contribution in [0.1, 0.15) is 32.3 Å². The van der Waals surface area contributed by atoms with Gasteiger partial charge in [0.05, 0.1) is 6.33 Å². The highest BCUT2D eigenvalue weighted by Crippen LogP contribution is 2.20. The molecule has 0 aliphatic heterocycles. The molecule has 0 unspecified atom stereocenters. The molecular weight excluding hydrogens is 264 g/mol. The molecule has 0 atom stereocenters. The first kappa shape index (κ1) is 15.3. The van der Waals surface area contributed by atoms with E-state index in [1.54, 1.807) is 12.5 Å². The summed E-state index contributed by atoms with van der Waals surface area (Å²) in [6, 6.07) is 0. The number of imidazole rings is 1. The van der Waals surface area contributed by atoms with E-state index in [1.807, 2.05) is 12.5 Å². The van der Waals surface area contributed by atoms with Crippen LogP contribution in [0.4, 0.5) is 11.6 Å². The Bertz CT molecular complexity index is 523. The molecule has 0 saturated carbocycles. The molecule has 0 fully saturated rings. The largest absolute Gasteiger partial charge is 0.370 e. The number of aromatic nitrogens is 4. The molecular formula is C15H24N6. The van der Waals surface area contributed by atoms with Gasteiger partial charge in [-0.1, -0.05) is 13.8 Å². The van der Waals surface area contributed by atoms with Gasteiger partial charge in [0.1, 0.15) is 18.0 Å². The first-order valence-electron chi connectivity index (χ1n) is 7.62. The van der Waals surface area contributed by atoms with Gasteiger partial charge in [-0.15, -0.1) is 0 Å². The summed E-state index contributed by atoms with van der Waals surface area (Å²) in [7, 11) is 0. The zero-order chi connectivity index (χ0) is 14.9. The lowest BCUT2D eigenvalue weighted by Crippen LogP contribution is -2.12. The Balaban J connectivity index is 1.89. The minimum absolute atomic E-state index is 0.884. The molecule has 0 aliphatic rings. The number of anilines is 2. The van der Waals surface area contributed by atoms with Gasteiger partial charge in [0, 0.05) is 37.6 Å². The second-order valence-corrected chi connectivity index (χ2v) is 4.91. The predicted octanol–water partition coefficient (Wildman–Crippen LogP) is 2.56. The monoisotopic (exact) mass is 288 g/mol. The summed E-state index contributed by atoms with van der Waals surface area (Å²) in [5, 5.41) is 6.78. The van der Waals surface area contributed by atoms with E-state index in [1.165, 1.54) is 0 Å². The highest BCUT2D eigenvalue weighted by atomic mass is 15.1. The third-order valence-electron chi connectivity index (χ3n) is 3.29. The lowest BCUT2D eigenvalue weighted by atomic mass is 10.2. The maximum atomic E-state index is 4.37. The van der Waals surface area contributed by atoms with E-state index < -0.39 is 0 Å². The highest BCUT2D eigenvalue weighted by Gasteiger charge is 2.08. The smallest absolute Gasteiger partial charge is 0.134 e. The molecule has 0 amide bonds. The molecule has 0 radical (unpaired) electrons. The van der Waals surface area contributed by atoms with Gasteiger partial charge in [-0.25, -0.2) is 15.0 Å². The van der Waals surface area contributed by atoms with Crippen molar-refractivity contribution in [1.82, 2.24) is 19.5 Å². The quantitative estimate of drug-likeness (QED) is 0.694. The second kappa shape index (κ2) is 8.24. The summed E-state index contributed by atoms with van der Waals surface area (Å²) in [6.45, 7) is 7.06. The van der Waals surface area contributed by atoms with E-state index in [0.29, 0.717) is 0 Å². The van der Waals surface area contributed by atoms with Crippen molar-refractivity contribution in [3.05, 3.63) is 30.6 Å². The van der Waals surface area contributed by atoms with E-state index in [4.69, 9.17) is 0 Å². The summed E-state index contributed by atoms with van der Waals surface area (Å²) in [4.78, 5) is 12.8.